The molecular formula is C12H14ClN5O3. The van der Waals surface area contributed by atoms with Gasteiger partial charge < -0.3 is 14.5 Å². The molecule has 1 aliphatic heterocycles. The minimum atomic E-state index is -0.707. The van der Waals surface area contributed by atoms with E-state index in [9.17, 15) is 10.1 Å². The van der Waals surface area contributed by atoms with E-state index in [2.05, 4.69) is 10.1 Å². The van der Waals surface area contributed by atoms with Crippen molar-refractivity contribution < 1.29 is 9.77 Å². The molecule has 9 heteroatoms. The van der Waals surface area contributed by atoms with Gasteiger partial charge in [-0.25, -0.2) is 15.1 Å². The maximum Gasteiger partial charge on any atom is 0.278 e. The Balaban J connectivity index is 2.16. The van der Waals surface area contributed by atoms with Gasteiger partial charge in [-0.2, -0.15) is 0 Å². The Morgan fingerprint density at radius 1 is 1.57 bits per heavy atom. The number of nitro groups is 1. The highest BCUT2D eigenvalue weighted by atomic mass is 35.5. The number of methoxy groups -OCH3 is 1. The Labute approximate surface area is 126 Å². The number of aromatic nitrogens is 1. The molecule has 112 valence electrons. The van der Waals surface area contributed by atoms with Crippen molar-refractivity contribution in [3.8, 4) is 0 Å². The van der Waals surface area contributed by atoms with Gasteiger partial charge in [0.25, 0.3) is 5.96 Å². The molecule has 0 atom stereocenters. The summed E-state index contributed by atoms with van der Waals surface area (Å²) in [6.45, 7) is 1.67. The summed E-state index contributed by atoms with van der Waals surface area (Å²) in [5, 5.41) is 13.8. The van der Waals surface area contributed by atoms with Crippen LogP contribution in [0.1, 0.15) is 5.56 Å². The summed E-state index contributed by atoms with van der Waals surface area (Å²) in [6, 6.07) is 3.51. The summed E-state index contributed by atoms with van der Waals surface area (Å²) in [4.78, 5) is 18.2. The lowest BCUT2D eigenvalue weighted by Gasteiger charge is -2.18. The molecule has 1 fully saturated rings. The van der Waals surface area contributed by atoms with Crippen LogP contribution in [0.4, 0.5) is 0 Å². The minimum Gasteiger partial charge on any atom is -0.503 e. The predicted octanol–water partition coefficient (Wildman–Crippen LogP) is 1.52. The van der Waals surface area contributed by atoms with Crippen LogP contribution in [0.15, 0.2) is 35.9 Å². The van der Waals surface area contributed by atoms with E-state index in [0.717, 1.165) is 5.56 Å². The molecule has 1 saturated heterocycles. The van der Waals surface area contributed by atoms with Crippen molar-refractivity contribution in [3.05, 3.63) is 51.6 Å². The number of hydrogen-bond donors (Lipinski definition) is 0. The molecule has 0 bridgehead atoms. The summed E-state index contributed by atoms with van der Waals surface area (Å²) in [7, 11) is 1.51. The Hall–Kier alpha value is -2.35. The molecule has 1 aromatic heterocycles. The van der Waals surface area contributed by atoms with Crippen molar-refractivity contribution in [1.29, 1.82) is 0 Å². The van der Waals surface area contributed by atoms with Gasteiger partial charge >= 0.3 is 0 Å². The molecule has 0 aromatic carbocycles. The molecule has 0 spiro atoms. The number of ether oxygens (including phenoxy) is 1. The lowest BCUT2D eigenvalue weighted by atomic mass is 10.3. The summed E-state index contributed by atoms with van der Waals surface area (Å²) >= 11 is 5.74. The van der Waals surface area contributed by atoms with Crippen molar-refractivity contribution >= 4 is 17.6 Å². The van der Waals surface area contributed by atoms with E-state index in [1.165, 1.54) is 13.4 Å². The molecule has 0 saturated carbocycles. The van der Waals surface area contributed by atoms with Gasteiger partial charge in [-0.15, -0.1) is 0 Å². The van der Waals surface area contributed by atoms with Crippen LogP contribution in [0.5, 0.6) is 0 Å². The van der Waals surface area contributed by atoms with E-state index in [1.54, 1.807) is 28.3 Å². The Morgan fingerprint density at radius 3 is 3.00 bits per heavy atom. The number of halogens is 1. The monoisotopic (exact) mass is 311 g/mol. The molecule has 1 aromatic rings. The second-order valence-corrected chi connectivity index (χ2v) is 4.65. The first-order valence-corrected chi connectivity index (χ1v) is 6.52. The van der Waals surface area contributed by atoms with Gasteiger partial charge in [0.15, 0.2) is 5.03 Å². The van der Waals surface area contributed by atoms with Crippen LogP contribution in [-0.2, 0) is 11.3 Å². The zero-order valence-electron chi connectivity index (χ0n) is 11.3. The van der Waals surface area contributed by atoms with E-state index >= 15 is 0 Å². The number of nitrogens with zero attached hydrogens (tertiary/aromatic N) is 5. The largest absolute Gasteiger partial charge is 0.503 e. The van der Waals surface area contributed by atoms with Crippen molar-refractivity contribution in [3.63, 3.8) is 0 Å². The lowest BCUT2D eigenvalue weighted by Crippen LogP contribution is -2.31. The zero-order chi connectivity index (χ0) is 15.2. The fourth-order valence-corrected chi connectivity index (χ4v) is 2.06. The third-order valence-electron chi connectivity index (χ3n) is 2.86. The highest BCUT2D eigenvalue weighted by Gasteiger charge is 2.28. The Bertz CT molecular complexity index is 561. The normalized spacial score (nSPS) is 17.0. The average Bonchev–Trinajstić information content (AvgIpc) is 2.81. The van der Waals surface area contributed by atoms with Crippen LogP contribution in [0, 0.1) is 10.1 Å². The molecule has 0 radical (unpaired) electrons. The van der Waals surface area contributed by atoms with Gasteiger partial charge in [-0.05, 0) is 11.6 Å². The summed E-state index contributed by atoms with van der Waals surface area (Å²) < 4.78 is 4.83. The van der Waals surface area contributed by atoms with E-state index in [4.69, 9.17) is 16.3 Å². The van der Waals surface area contributed by atoms with Crippen LogP contribution in [0.2, 0.25) is 5.15 Å². The minimum absolute atomic E-state index is 0.267. The zero-order valence-corrected chi connectivity index (χ0v) is 12.1. The third kappa shape index (κ3) is 4.06. The summed E-state index contributed by atoms with van der Waals surface area (Å²) in [5.74, 6) is 0.267. The van der Waals surface area contributed by atoms with Gasteiger partial charge in [-0.1, -0.05) is 17.7 Å². The molecule has 0 unspecified atom stereocenters. The molecule has 8 nitrogen and oxygen atoms in total. The van der Waals surface area contributed by atoms with Crippen LogP contribution in [0.25, 0.3) is 0 Å². The van der Waals surface area contributed by atoms with Crippen LogP contribution < -0.4 is 0 Å². The van der Waals surface area contributed by atoms with E-state index in [1.807, 2.05) is 6.07 Å². The highest BCUT2D eigenvalue weighted by molar-refractivity contribution is 6.29. The number of rotatable bonds is 5. The average molecular weight is 312 g/mol. The number of pyridine rings is 1. The number of guanidine groups is 1. The first kappa shape index (κ1) is 15.0. The van der Waals surface area contributed by atoms with E-state index < -0.39 is 5.03 Å². The molecule has 2 rings (SSSR count). The smallest absolute Gasteiger partial charge is 0.278 e. The van der Waals surface area contributed by atoms with Crippen LogP contribution in [-0.4, -0.2) is 46.0 Å². The fourth-order valence-electron chi connectivity index (χ4n) is 1.95. The molecular weight excluding hydrogens is 298 g/mol. The van der Waals surface area contributed by atoms with E-state index in [0.29, 0.717) is 24.8 Å². The van der Waals surface area contributed by atoms with Crippen molar-refractivity contribution in [2.75, 3.05) is 20.2 Å². The first-order chi connectivity index (χ1) is 10.1. The second kappa shape index (κ2) is 6.89. The fraction of sp³-hybridized carbons (Fsp3) is 0.333. The maximum atomic E-state index is 10.7. The molecule has 2 heterocycles. The maximum absolute atomic E-state index is 10.7. The SMILES string of the molecule is CO/C=C/N1CCN(Cc2ccc(Cl)nc2)C1=N[N+](=O)[O-]. The van der Waals surface area contributed by atoms with Crippen LogP contribution >= 0.6 is 11.6 Å². The predicted molar refractivity (Wildman–Crippen MR) is 76.9 cm³/mol. The van der Waals surface area contributed by atoms with Gasteiger partial charge in [0, 0.05) is 32.0 Å². The Morgan fingerprint density at radius 2 is 2.38 bits per heavy atom. The number of hydrogen-bond acceptors (Lipinski definition) is 4. The molecule has 0 amide bonds. The van der Waals surface area contributed by atoms with Gasteiger partial charge in [0.1, 0.15) is 10.3 Å². The topological polar surface area (TPSA) is 84.1 Å². The van der Waals surface area contributed by atoms with Crippen molar-refractivity contribution in [2.24, 2.45) is 5.10 Å². The number of hydrazone groups is 1. The van der Waals surface area contributed by atoms with E-state index in [-0.39, 0.29) is 5.96 Å². The molecule has 21 heavy (non-hydrogen) atoms. The highest BCUT2D eigenvalue weighted by Crippen LogP contribution is 2.15. The Kier molecular flexibility index (Phi) is 4.94. The van der Waals surface area contributed by atoms with Crippen molar-refractivity contribution in [1.82, 2.24) is 14.8 Å². The van der Waals surface area contributed by atoms with Crippen molar-refractivity contribution in [2.45, 2.75) is 6.54 Å². The standard InChI is InChI=1S/C12H14ClN5O3/c1-21-7-6-16-4-5-17(12(16)15-18(19)20)9-10-2-3-11(13)14-8-10/h2-3,6-8H,4-5,9H2,1H3/b7-6+,15-12?. The van der Waals surface area contributed by atoms with Crippen LogP contribution in [0.3, 0.4) is 0 Å². The van der Waals surface area contributed by atoms with Gasteiger partial charge in [0.05, 0.1) is 13.4 Å². The second-order valence-electron chi connectivity index (χ2n) is 4.26. The summed E-state index contributed by atoms with van der Waals surface area (Å²) in [5.41, 5.74) is 0.896. The third-order valence-corrected chi connectivity index (χ3v) is 3.08. The lowest BCUT2D eigenvalue weighted by molar-refractivity contribution is -0.486. The molecule has 0 aliphatic carbocycles. The van der Waals surface area contributed by atoms with Gasteiger partial charge in [-0.3, -0.25) is 0 Å². The molecule has 0 N–H and O–H groups in total. The quantitative estimate of drug-likeness (QED) is 0.355. The summed E-state index contributed by atoms with van der Waals surface area (Å²) in [6.07, 6.45) is 4.70. The molecule has 1 aliphatic rings. The first-order valence-electron chi connectivity index (χ1n) is 6.14. The van der Waals surface area contributed by atoms with Gasteiger partial charge in [0.2, 0.25) is 0 Å².